The number of likely N-dealkylation sites (tertiary alicyclic amines) is 1. The predicted molar refractivity (Wildman–Crippen MR) is 70.4 cm³/mol. The quantitative estimate of drug-likeness (QED) is 0.728. The maximum Gasteiger partial charge on any atom is 0.256 e. The van der Waals surface area contributed by atoms with Crippen LogP contribution in [-0.2, 0) is 0 Å². The number of amides is 1. The van der Waals surface area contributed by atoms with Crippen LogP contribution in [-0.4, -0.2) is 47.2 Å². The number of piperidine rings is 1. The molecule has 0 unspecified atom stereocenters. The number of nitrogens with one attached hydrogen (secondary N) is 2. The highest BCUT2D eigenvalue weighted by atomic mass is 16.1. The minimum Gasteiger partial charge on any atom is -0.382 e. The van der Waals surface area contributed by atoms with Crippen molar-refractivity contribution >= 4 is 11.7 Å². The minimum absolute atomic E-state index is 0.143. The Bertz CT molecular complexity index is 389. The summed E-state index contributed by atoms with van der Waals surface area (Å²) in [5.41, 5.74) is 6.82. The Morgan fingerprint density at radius 1 is 1.44 bits per heavy atom. The van der Waals surface area contributed by atoms with Gasteiger partial charge in [-0.15, -0.1) is 0 Å². The van der Waals surface area contributed by atoms with Crippen LogP contribution in [0.25, 0.3) is 0 Å². The van der Waals surface area contributed by atoms with Crippen LogP contribution < -0.4 is 11.1 Å². The van der Waals surface area contributed by atoms with Crippen LogP contribution in [0.5, 0.6) is 0 Å². The largest absolute Gasteiger partial charge is 0.382 e. The van der Waals surface area contributed by atoms with E-state index in [4.69, 9.17) is 5.73 Å². The second-order valence-corrected chi connectivity index (χ2v) is 4.77. The lowest BCUT2D eigenvalue weighted by molar-refractivity contribution is 0.0947. The van der Waals surface area contributed by atoms with E-state index < -0.39 is 0 Å². The number of hydrogen-bond donors (Lipinski definition) is 3. The van der Waals surface area contributed by atoms with E-state index in [0.717, 1.165) is 19.6 Å². The Morgan fingerprint density at radius 2 is 2.17 bits per heavy atom. The van der Waals surface area contributed by atoms with Gasteiger partial charge in [0, 0.05) is 18.8 Å². The second-order valence-electron chi connectivity index (χ2n) is 4.77. The standard InChI is InChI=1S/C12H21N5O/c1-9-10(11(13)16-15-9)12(18)14-5-8-17-6-3-2-4-7-17/h2-8H2,1H3,(H,14,18)(H3,13,15,16). The fourth-order valence-corrected chi connectivity index (χ4v) is 2.33. The van der Waals surface area contributed by atoms with Crippen molar-refractivity contribution in [2.24, 2.45) is 0 Å². The van der Waals surface area contributed by atoms with Gasteiger partial charge in [0.05, 0.1) is 0 Å². The van der Waals surface area contributed by atoms with E-state index in [1.54, 1.807) is 6.92 Å². The number of H-pyrrole nitrogens is 1. The molecule has 1 aromatic heterocycles. The number of hydrogen-bond acceptors (Lipinski definition) is 4. The summed E-state index contributed by atoms with van der Waals surface area (Å²) >= 11 is 0. The molecule has 1 fully saturated rings. The van der Waals surface area contributed by atoms with Gasteiger partial charge in [-0.2, -0.15) is 5.10 Å². The molecule has 1 aromatic rings. The lowest BCUT2D eigenvalue weighted by Gasteiger charge is -2.26. The molecule has 0 aromatic carbocycles. The van der Waals surface area contributed by atoms with Crippen LogP contribution in [0, 0.1) is 6.92 Å². The summed E-state index contributed by atoms with van der Waals surface area (Å²) in [5, 5.41) is 9.42. The van der Waals surface area contributed by atoms with Gasteiger partial charge in [0.1, 0.15) is 5.56 Å². The molecule has 0 spiro atoms. The molecule has 4 N–H and O–H groups in total. The average molecular weight is 251 g/mol. The van der Waals surface area contributed by atoms with Gasteiger partial charge >= 0.3 is 0 Å². The molecule has 0 saturated carbocycles. The molecule has 0 atom stereocenters. The number of aromatic nitrogens is 2. The lowest BCUT2D eigenvalue weighted by atomic mass is 10.1. The van der Waals surface area contributed by atoms with Crippen molar-refractivity contribution in [1.29, 1.82) is 0 Å². The first kappa shape index (κ1) is 12.9. The van der Waals surface area contributed by atoms with Crippen molar-refractivity contribution in [3.05, 3.63) is 11.3 Å². The summed E-state index contributed by atoms with van der Waals surface area (Å²) < 4.78 is 0. The van der Waals surface area contributed by atoms with E-state index in [2.05, 4.69) is 20.4 Å². The molecule has 6 nitrogen and oxygen atoms in total. The Hall–Kier alpha value is -1.56. The third-order valence-corrected chi connectivity index (χ3v) is 3.36. The van der Waals surface area contributed by atoms with Gasteiger partial charge in [0.25, 0.3) is 5.91 Å². The number of aromatic amines is 1. The van der Waals surface area contributed by atoms with Gasteiger partial charge in [0.15, 0.2) is 5.82 Å². The molecule has 0 aliphatic carbocycles. The minimum atomic E-state index is -0.143. The predicted octanol–water partition coefficient (Wildman–Crippen LogP) is 0.516. The molecule has 2 heterocycles. The van der Waals surface area contributed by atoms with Gasteiger partial charge < -0.3 is 16.0 Å². The third-order valence-electron chi connectivity index (χ3n) is 3.36. The number of nitrogens with two attached hydrogens (primary N) is 1. The topological polar surface area (TPSA) is 87.0 Å². The molecule has 18 heavy (non-hydrogen) atoms. The molecule has 1 aliphatic heterocycles. The molecule has 0 bridgehead atoms. The fourth-order valence-electron chi connectivity index (χ4n) is 2.33. The highest BCUT2D eigenvalue weighted by Crippen LogP contribution is 2.11. The van der Waals surface area contributed by atoms with Gasteiger partial charge in [-0.25, -0.2) is 0 Å². The van der Waals surface area contributed by atoms with Crippen LogP contribution in [0.4, 0.5) is 5.82 Å². The monoisotopic (exact) mass is 251 g/mol. The van der Waals surface area contributed by atoms with Crippen LogP contribution in [0.2, 0.25) is 0 Å². The van der Waals surface area contributed by atoms with E-state index in [0.29, 0.717) is 17.8 Å². The smallest absolute Gasteiger partial charge is 0.256 e. The summed E-state index contributed by atoms with van der Waals surface area (Å²) in [4.78, 5) is 14.3. The summed E-state index contributed by atoms with van der Waals surface area (Å²) in [6.45, 7) is 5.64. The normalized spacial score (nSPS) is 16.7. The van der Waals surface area contributed by atoms with E-state index in [-0.39, 0.29) is 11.7 Å². The lowest BCUT2D eigenvalue weighted by Crippen LogP contribution is -2.37. The van der Waals surface area contributed by atoms with Crippen molar-refractivity contribution in [3.8, 4) is 0 Å². The zero-order chi connectivity index (χ0) is 13.0. The molecule has 2 rings (SSSR count). The maximum absolute atomic E-state index is 11.9. The SMILES string of the molecule is Cc1[nH]nc(N)c1C(=O)NCCN1CCCCC1. The zero-order valence-electron chi connectivity index (χ0n) is 10.8. The Morgan fingerprint density at radius 3 is 2.78 bits per heavy atom. The van der Waals surface area contributed by atoms with Gasteiger partial charge in [-0.3, -0.25) is 9.89 Å². The van der Waals surface area contributed by atoms with Crippen LogP contribution in [0.1, 0.15) is 35.3 Å². The van der Waals surface area contributed by atoms with Gasteiger partial charge in [0.2, 0.25) is 0 Å². The van der Waals surface area contributed by atoms with Crippen LogP contribution >= 0.6 is 0 Å². The average Bonchev–Trinajstić information content (AvgIpc) is 2.70. The Kier molecular flexibility index (Phi) is 4.19. The van der Waals surface area contributed by atoms with E-state index >= 15 is 0 Å². The number of carbonyl (C=O) groups is 1. The van der Waals surface area contributed by atoms with E-state index in [9.17, 15) is 4.79 Å². The van der Waals surface area contributed by atoms with Crippen molar-refractivity contribution < 1.29 is 4.79 Å². The first-order valence-electron chi connectivity index (χ1n) is 6.49. The Balaban J connectivity index is 1.78. The molecule has 1 aliphatic rings. The first-order chi connectivity index (χ1) is 8.68. The van der Waals surface area contributed by atoms with E-state index in [1.165, 1.54) is 19.3 Å². The number of aryl methyl sites for hydroxylation is 1. The van der Waals surface area contributed by atoms with Crippen molar-refractivity contribution in [1.82, 2.24) is 20.4 Å². The van der Waals surface area contributed by atoms with Gasteiger partial charge in [-0.1, -0.05) is 6.42 Å². The van der Waals surface area contributed by atoms with Crippen LogP contribution in [0.15, 0.2) is 0 Å². The maximum atomic E-state index is 11.9. The molecule has 6 heteroatoms. The molecular weight excluding hydrogens is 230 g/mol. The summed E-state index contributed by atoms with van der Waals surface area (Å²) in [6, 6.07) is 0. The molecule has 0 radical (unpaired) electrons. The fraction of sp³-hybridized carbons (Fsp3) is 0.667. The van der Waals surface area contributed by atoms with Crippen molar-refractivity contribution in [2.75, 3.05) is 31.9 Å². The van der Waals surface area contributed by atoms with Crippen molar-refractivity contribution in [2.45, 2.75) is 26.2 Å². The van der Waals surface area contributed by atoms with Crippen LogP contribution in [0.3, 0.4) is 0 Å². The number of carbonyl (C=O) groups excluding carboxylic acids is 1. The highest BCUT2D eigenvalue weighted by Gasteiger charge is 2.16. The van der Waals surface area contributed by atoms with Gasteiger partial charge in [-0.05, 0) is 32.9 Å². The van der Waals surface area contributed by atoms with E-state index in [1.807, 2.05) is 0 Å². The molecular formula is C12H21N5O. The molecule has 1 saturated heterocycles. The summed E-state index contributed by atoms with van der Waals surface area (Å²) in [5.74, 6) is 0.124. The highest BCUT2D eigenvalue weighted by molar-refractivity contribution is 5.99. The molecule has 1 amide bonds. The number of anilines is 1. The molecule has 100 valence electrons. The zero-order valence-corrected chi connectivity index (χ0v) is 10.8. The third kappa shape index (κ3) is 3.01. The number of nitrogens with zero attached hydrogens (tertiary/aromatic N) is 2. The summed E-state index contributed by atoms with van der Waals surface area (Å²) in [7, 11) is 0. The number of rotatable bonds is 4. The summed E-state index contributed by atoms with van der Waals surface area (Å²) in [6.07, 6.45) is 3.86. The number of nitrogen functional groups attached to an aromatic ring is 1. The second kappa shape index (κ2) is 5.86. The Labute approximate surface area is 107 Å². The van der Waals surface area contributed by atoms with Crippen molar-refractivity contribution in [3.63, 3.8) is 0 Å². The first-order valence-corrected chi connectivity index (χ1v) is 6.49.